The molecule has 1 aliphatic heterocycles. The molecule has 2 rings (SSSR count). The van der Waals surface area contributed by atoms with Crippen molar-refractivity contribution >= 4 is 0 Å². The molecule has 0 radical (unpaired) electrons. The van der Waals surface area contributed by atoms with E-state index in [1.807, 2.05) is 12.1 Å². The van der Waals surface area contributed by atoms with Crippen LogP contribution in [0, 0.1) is 0 Å². The van der Waals surface area contributed by atoms with E-state index in [1.54, 1.807) is 12.1 Å². The van der Waals surface area contributed by atoms with Crippen LogP contribution in [0.4, 0.5) is 0 Å². The van der Waals surface area contributed by atoms with E-state index in [9.17, 15) is 5.11 Å². The molecule has 3 N–H and O–H groups in total. The lowest BCUT2D eigenvalue weighted by Crippen LogP contribution is -2.45. The molecule has 0 spiro atoms. The molecule has 1 fully saturated rings. The molecule has 3 nitrogen and oxygen atoms in total. The van der Waals surface area contributed by atoms with Gasteiger partial charge >= 0.3 is 0 Å². The molecule has 0 aromatic heterocycles. The van der Waals surface area contributed by atoms with Gasteiger partial charge in [0.05, 0.1) is 0 Å². The zero-order valence-electron chi connectivity index (χ0n) is 10.5. The Morgan fingerprint density at radius 2 is 2.06 bits per heavy atom. The third-order valence-corrected chi connectivity index (χ3v) is 3.82. The summed E-state index contributed by atoms with van der Waals surface area (Å²) in [7, 11) is 0. The molecule has 1 aromatic carbocycles. The predicted octanol–water partition coefficient (Wildman–Crippen LogP) is 2.27. The summed E-state index contributed by atoms with van der Waals surface area (Å²) in [6.07, 6.45) is 3.76. The van der Waals surface area contributed by atoms with Crippen molar-refractivity contribution in [3.05, 3.63) is 29.8 Å². The van der Waals surface area contributed by atoms with Crippen molar-refractivity contribution in [1.82, 2.24) is 4.90 Å². The predicted molar refractivity (Wildman–Crippen MR) is 69.9 cm³/mol. The Bertz CT molecular complexity index is 350. The van der Waals surface area contributed by atoms with Gasteiger partial charge < -0.3 is 10.8 Å². The second kappa shape index (κ2) is 5.52. The molecule has 0 saturated carbocycles. The van der Waals surface area contributed by atoms with Crippen LogP contribution in [0.15, 0.2) is 24.3 Å². The zero-order valence-corrected chi connectivity index (χ0v) is 10.5. The topological polar surface area (TPSA) is 49.5 Å². The number of phenols is 1. The Morgan fingerprint density at radius 3 is 2.71 bits per heavy atom. The maximum Gasteiger partial charge on any atom is 0.115 e. The minimum absolute atomic E-state index is 0.329. The molecular weight excluding hydrogens is 212 g/mol. The Kier molecular flexibility index (Phi) is 4.02. The number of likely N-dealkylation sites (tertiary alicyclic amines) is 1. The van der Waals surface area contributed by atoms with Gasteiger partial charge in [0.2, 0.25) is 0 Å². The maximum atomic E-state index is 9.31. The van der Waals surface area contributed by atoms with E-state index in [-0.39, 0.29) is 0 Å². The van der Waals surface area contributed by atoms with Gasteiger partial charge in [-0.3, -0.25) is 4.90 Å². The third-order valence-electron chi connectivity index (χ3n) is 3.82. The number of rotatable bonds is 3. The first-order valence-corrected chi connectivity index (χ1v) is 6.47. The molecule has 0 amide bonds. The van der Waals surface area contributed by atoms with Gasteiger partial charge in [0.1, 0.15) is 5.75 Å². The van der Waals surface area contributed by atoms with Crippen molar-refractivity contribution < 1.29 is 5.11 Å². The van der Waals surface area contributed by atoms with Gasteiger partial charge in [0, 0.05) is 18.6 Å². The average molecular weight is 234 g/mol. The first kappa shape index (κ1) is 12.4. The minimum Gasteiger partial charge on any atom is -0.508 e. The number of aromatic hydroxyl groups is 1. The van der Waals surface area contributed by atoms with Gasteiger partial charge in [-0.15, -0.1) is 0 Å². The van der Waals surface area contributed by atoms with E-state index < -0.39 is 0 Å². The molecule has 2 unspecified atom stereocenters. The number of hydrogen-bond acceptors (Lipinski definition) is 3. The molecule has 3 heteroatoms. The van der Waals surface area contributed by atoms with Gasteiger partial charge in [-0.25, -0.2) is 0 Å². The van der Waals surface area contributed by atoms with Crippen LogP contribution in [-0.4, -0.2) is 29.1 Å². The Balaban J connectivity index is 2.12. The van der Waals surface area contributed by atoms with Crippen LogP contribution in [-0.2, 0) is 0 Å². The quantitative estimate of drug-likeness (QED) is 0.843. The highest BCUT2D eigenvalue weighted by Crippen LogP contribution is 2.28. The fourth-order valence-electron chi connectivity index (χ4n) is 2.73. The van der Waals surface area contributed by atoms with Crippen molar-refractivity contribution in [2.75, 3.05) is 13.1 Å². The lowest BCUT2D eigenvalue weighted by atomic mass is 9.97. The summed E-state index contributed by atoms with van der Waals surface area (Å²) in [5.74, 6) is 0.329. The highest BCUT2D eigenvalue weighted by atomic mass is 16.3. The minimum atomic E-state index is 0.329. The number of hydrogen-bond donors (Lipinski definition) is 2. The monoisotopic (exact) mass is 234 g/mol. The van der Waals surface area contributed by atoms with Crippen molar-refractivity contribution in [3.8, 4) is 5.75 Å². The lowest BCUT2D eigenvalue weighted by molar-refractivity contribution is 0.108. The van der Waals surface area contributed by atoms with Crippen LogP contribution in [0.2, 0.25) is 0 Å². The van der Waals surface area contributed by atoms with Gasteiger partial charge in [0.15, 0.2) is 0 Å². The van der Waals surface area contributed by atoms with E-state index in [0.717, 1.165) is 13.1 Å². The molecule has 94 valence electrons. The largest absolute Gasteiger partial charge is 0.508 e. The highest BCUT2D eigenvalue weighted by Gasteiger charge is 2.26. The number of nitrogens with two attached hydrogens (primary N) is 1. The second-order valence-electron chi connectivity index (χ2n) is 4.89. The molecule has 0 aliphatic carbocycles. The first-order valence-electron chi connectivity index (χ1n) is 6.47. The number of phenolic OH excluding ortho intramolecular Hbond substituents is 1. The van der Waals surface area contributed by atoms with Crippen molar-refractivity contribution in [1.29, 1.82) is 0 Å². The van der Waals surface area contributed by atoms with Crippen LogP contribution in [0.5, 0.6) is 5.75 Å². The normalized spacial score (nSPS) is 23.5. The molecule has 1 aromatic rings. The van der Waals surface area contributed by atoms with Gasteiger partial charge in [0.25, 0.3) is 0 Å². The molecule has 2 atom stereocenters. The van der Waals surface area contributed by atoms with Crippen molar-refractivity contribution in [2.24, 2.45) is 5.73 Å². The summed E-state index contributed by atoms with van der Waals surface area (Å²) in [5, 5.41) is 9.31. The standard InChI is InChI=1S/C14H22N2O/c1-11(12-5-7-14(17)8-6-12)16-9-3-2-4-13(16)10-15/h5-8,11,13,17H,2-4,9-10,15H2,1H3. The molecular formula is C14H22N2O. The molecule has 1 aliphatic rings. The molecule has 1 saturated heterocycles. The first-order chi connectivity index (χ1) is 8.22. The summed E-state index contributed by atoms with van der Waals surface area (Å²) in [6.45, 7) is 4.09. The molecule has 1 heterocycles. The van der Waals surface area contributed by atoms with Crippen molar-refractivity contribution in [2.45, 2.75) is 38.3 Å². The van der Waals surface area contributed by atoms with Crippen LogP contribution >= 0.6 is 0 Å². The Hall–Kier alpha value is -1.06. The molecule has 0 bridgehead atoms. The Labute approximate surface area is 103 Å². The highest BCUT2D eigenvalue weighted by molar-refractivity contribution is 5.27. The Morgan fingerprint density at radius 1 is 1.35 bits per heavy atom. The average Bonchev–Trinajstić information content (AvgIpc) is 2.39. The van der Waals surface area contributed by atoms with Gasteiger partial charge in [-0.2, -0.15) is 0 Å². The van der Waals surface area contributed by atoms with Crippen LogP contribution < -0.4 is 5.73 Å². The summed E-state index contributed by atoms with van der Waals surface area (Å²) in [6, 6.07) is 8.40. The number of piperidine rings is 1. The second-order valence-corrected chi connectivity index (χ2v) is 4.89. The fourth-order valence-corrected chi connectivity index (χ4v) is 2.73. The fraction of sp³-hybridized carbons (Fsp3) is 0.571. The zero-order chi connectivity index (χ0) is 12.3. The van der Waals surface area contributed by atoms with Crippen molar-refractivity contribution in [3.63, 3.8) is 0 Å². The summed E-state index contributed by atoms with van der Waals surface area (Å²) in [4.78, 5) is 2.50. The van der Waals surface area contributed by atoms with Gasteiger partial charge in [-0.1, -0.05) is 18.6 Å². The molecule has 17 heavy (non-hydrogen) atoms. The van der Waals surface area contributed by atoms with Crippen LogP contribution in [0.25, 0.3) is 0 Å². The summed E-state index contributed by atoms with van der Waals surface area (Å²) in [5.41, 5.74) is 7.10. The summed E-state index contributed by atoms with van der Waals surface area (Å²) >= 11 is 0. The summed E-state index contributed by atoms with van der Waals surface area (Å²) < 4.78 is 0. The van der Waals surface area contributed by atoms with E-state index in [0.29, 0.717) is 17.8 Å². The third kappa shape index (κ3) is 2.79. The number of nitrogens with zero attached hydrogens (tertiary/aromatic N) is 1. The lowest BCUT2D eigenvalue weighted by Gasteiger charge is -2.39. The van der Waals surface area contributed by atoms with E-state index in [4.69, 9.17) is 5.73 Å². The van der Waals surface area contributed by atoms with Crippen LogP contribution in [0.1, 0.15) is 37.8 Å². The van der Waals surface area contributed by atoms with E-state index in [2.05, 4.69) is 11.8 Å². The number of benzene rings is 1. The maximum absolute atomic E-state index is 9.31. The smallest absolute Gasteiger partial charge is 0.115 e. The van der Waals surface area contributed by atoms with E-state index in [1.165, 1.54) is 24.8 Å². The van der Waals surface area contributed by atoms with E-state index >= 15 is 0 Å². The van der Waals surface area contributed by atoms with Crippen LogP contribution in [0.3, 0.4) is 0 Å². The van der Waals surface area contributed by atoms with Gasteiger partial charge in [-0.05, 0) is 44.0 Å². The SMILES string of the molecule is CC(c1ccc(O)cc1)N1CCCCC1CN.